The molecule has 0 aliphatic heterocycles. The predicted molar refractivity (Wildman–Crippen MR) is 54.4 cm³/mol. The molecule has 0 aliphatic carbocycles. The molecule has 0 saturated heterocycles. The number of benzene rings is 1. The molecule has 0 atom stereocenters. The second kappa shape index (κ2) is 3.23. The molecule has 0 saturated carbocycles. The Kier molecular flexibility index (Phi) is 2.05. The molecule has 0 spiro atoms. The van der Waals surface area contributed by atoms with Gasteiger partial charge in [-0.1, -0.05) is 0 Å². The van der Waals surface area contributed by atoms with Crippen LogP contribution in [0.5, 0.6) is 11.5 Å². The van der Waals surface area contributed by atoms with E-state index in [0.29, 0.717) is 12.3 Å². The van der Waals surface area contributed by atoms with Gasteiger partial charge in [0.15, 0.2) is 11.5 Å². The first-order valence-electron chi connectivity index (χ1n) is 4.33. The van der Waals surface area contributed by atoms with Crippen molar-refractivity contribution in [2.24, 2.45) is 5.73 Å². The molecule has 4 nitrogen and oxygen atoms in total. The molecule has 0 aliphatic rings. The second-order valence-corrected chi connectivity index (χ2v) is 3.09. The number of aromatic amines is 1. The van der Waals surface area contributed by atoms with E-state index in [-0.39, 0.29) is 5.75 Å². The van der Waals surface area contributed by atoms with E-state index in [0.717, 1.165) is 16.5 Å². The first-order valence-corrected chi connectivity index (χ1v) is 4.33. The lowest BCUT2D eigenvalue weighted by molar-refractivity contribution is 0.374. The van der Waals surface area contributed by atoms with Gasteiger partial charge < -0.3 is 20.6 Å². The fourth-order valence-corrected chi connectivity index (χ4v) is 1.53. The zero-order valence-electron chi connectivity index (χ0n) is 7.87. The monoisotopic (exact) mass is 192 g/mol. The number of phenolic OH excluding ortho intramolecular Hbond substituents is 1. The van der Waals surface area contributed by atoms with E-state index in [2.05, 4.69) is 4.98 Å². The Morgan fingerprint density at radius 1 is 1.50 bits per heavy atom. The van der Waals surface area contributed by atoms with Crippen molar-refractivity contribution in [2.75, 3.05) is 7.11 Å². The van der Waals surface area contributed by atoms with Crippen LogP contribution in [0.3, 0.4) is 0 Å². The number of phenols is 1. The quantitative estimate of drug-likeness (QED) is 0.672. The SMILES string of the molecule is COc1cc2c(CN)c[nH]c2cc1O. The molecule has 4 N–H and O–H groups in total. The number of hydrogen-bond acceptors (Lipinski definition) is 3. The summed E-state index contributed by atoms with van der Waals surface area (Å²) in [5.74, 6) is 0.595. The van der Waals surface area contributed by atoms with Crippen LogP contribution < -0.4 is 10.5 Å². The molecule has 74 valence electrons. The lowest BCUT2D eigenvalue weighted by Gasteiger charge is -2.03. The Morgan fingerprint density at radius 3 is 2.93 bits per heavy atom. The summed E-state index contributed by atoms with van der Waals surface area (Å²) in [6.07, 6.45) is 1.84. The van der Waals surface area contributed by atoms with Gasteiger partial charge in [-0.25, -0.2) is 0 Å². The summed E-state index contributed by atoms with van der Waals surface area (Å²) in [7, 11) is 1.52. The Balaban J connectivity index is 2.70. The topological polar surface area (TPSA) is 71.3 Å². The van der Waals surface area contributed by atoms with Crippen molar-refractivity contribution in [1.82, 2.24) is 4.98 Å². The predicted octanol–water partition coefficient (Wildman–Crippen LogP) is 1.34. The highest BCUT2D eigenvalue weighted by molar-refractivity contribution is 5.86. The fourth-order valence-electron chi connectivity index (χ4n) is 1.53. The highest BCUT2D eigenvalue weighted by Crippen LogP contribution is 2.32. The van der Waals surface area contributed by atoms with Gasteiger partial charge in [-0.2, -0.15) is 0 Å². The molecular weight excluding hydrogens is 180 g/mol. The third kappa shape index (κ3) is 1.20. The molecule has 0 amide bonds. The summed E-state index contributed by atoms with van der Waals surface area (Å²) in [4.78, 5) is 3.04. The minimum absolute atomic E-state index is 0.130. The van der Waals surface area contributed by atoms with Crippen molar-refractivity contribution < 1.29 is 9.84 Å². The zero-order chi connectivity index (χ0) is 10.1. The lowest BCUT2D eigenvalue weighted by atomic mass is 10.1. The molecule has 0 radical (unpaired) electrons. The van der Waals surface area contributed by atoms with Gasteiger partial charge in [-0.15, -0.1) is 0 Å². The van der Waals surface area contributed by atoms with Crippen LogP contribution in [-0.2, 0) is 6.54 Å². The highest BCUT2D eigenvalue weighted by atomic mass is 16.5. The van der Waals surface area contributed by atoms with Gasteiger partial charge in [0, 0.05) is 29.7 Å². The van der Waals surface area contributed by atoms with Gasteiger partial charge >= 0.3 is 0 Å². The number of aromatic hydroxyl groups is 1. The summed E-state index contributed by atoms with van der Waals surface area (Å²) in [6.45, 7) is 0.466. The van der Waals surface area contributed by atoms with Crippen LogP contribution in [0.2, 0.25) is 0 Å². The Labute approximate surface area is 81.3 Å². The average molecular weight is 192 g/mol. The minimum Gasteiger partial charge on any atom is -0.504 e. The first-order chi connectivity index (χ1) is 6.76. The van der Waals surface area contributed by atoms with Crippen molar-refractivity contribution in [3.8, 4) is 11.5 Å². The summed E-state index contributed by atoms with van der Waals surface area (Å²) in [5.41, 5.74) is 7.44. The number of methoxy groups -OCH3 is 1. The molecule has 1 aromatic carbocycles. The zero-order valence-corrected chi connectivity index (χ0v) is 7.87. The maximum absolute atomic E-state index is 9.51. The molecule has 2 aromatic rings. The van der Waals surface area contributed by atoms with E-state index in [1.807, 2.05) is 6.20 Å². The minimum atomic E-state index is 0.130. The third-order valence-corrected chi connectivity index (χ3v) is 2.29. The first kappa shape index (κ1) is 8.90. The van der Waals surface area contributed by atoms with E-state index in [9.17, 15) is 5.11 Å². The highest BCUT2D eigenvalue weighted by Gasteiger charge is 2.07. The smallest absolute Gasteiger partial charge is 0.161 e. The molecule has 2 rings (SSSR count). The Hall–Kier alpha value is -1.68. The van der Waals surface area contributed by atoms with E-state index in [1.54, 1.807) is 12.1 Å². The maximum Gasteiger partial charge on any atom is 0.161 e. The number of aromatic nitrogens is 1. The van der Waals surface area contributed by atoms with Gasteiger partial charge in [0.25, 0.3) is 0 Å². The van der Waals surface area contributed by atoms with Crippen molar-refractivity contribution in [3.05, 3.63) is 23.9 Å². The number of rotatable bonds is 2. The third-order valence-electron chi connectivity index (χ3n) is 2.29. The van der Waals surface area contributed by atoms with E-state index < -0.39 is 0 Å². The largest absolute Gasteiger partial charge is 0.504 e. The van der Waals surface area contributed by atoms with Crippen LogP contribution in [-0.4, -0.2) is 17.2 Å². The number of ether oxygens (including phenoxy) is 1. The average Bonchev–Trinajstić information content (AvgIpc) is 2.58. The number of H-pyrrole nitrogens is 1. The van der Waals surface area contributed by atoms with E-state index in [4.69, 9.17) is 10.5 Å². The normalized spacial score (nSPS) is 10.7. The van der Waals surface area contributed by atoms with E-state index >= 15 is 0 Å². The maximum atomic E-state index is 9.51. The van der Waals surface area contributed by atoms with Crippen molar-refractivity contribution in [1.29, 1.82) is 0 Å². The summed E-state index contributed by atoms with van der Waals surface area (Å²) in [5, 5.41) is 10.5. The Morgan fingerprint density at radius 2 is 2.29 bits per heavy atom. The van der Waals surface area contributed by atoms with Gasteiger partial charge in [0.05, 0.1) is 7.11 Å². The van der Waals surface area contributed by atoms with Crippen molar-refractivity contribution >= 4 is 10.9 Å². The van der Waals surface area contributed by atoms with Crippen LogP contribution in [0.25, 0.3) is 10.9 Å². The van der Waals surface area contributed by atoms with Crippen molar-refractivity contribution in [2.45, 2.75) is 6.54 Å². The fraction of sp³-hybridized carbons (Fsp3) is 0.200. The van der Waals surface area contributed by atoms with Gasteiger partial charge in [-0.3, -0.25) is 0 Å². The Bertz CT molecular complexity index is 462. The molecule has 0 fully saturated rings. The summed E-state index contributed by atoms with van der Waals surface area (Å²) < 4.78 is 5.02. The van der Waals surface area contributed by atoms with Gasteiger partial charge in [0.1, 0.15) is 0 Å². The van der Waals surface area contributed by atoms with Crippen LogP contribution in [0.4, 0.5) is 0 Å². The van der Waals surface area contributed by atoms with Crippen LogP contribution >= 0.6 is 0 Å². The summed E-state index contributed by atoms with van der Waals surface area (Å²) >= 11 is 0. The molecule has 0 unspecified atom stereocenters. The van der Waals surface area contributed by atoms with E-state index in [1.165, 1.54) is 7.11 Å². The number of nitrogens with two attached hydrogens (primary N) is 1. The standard InChI is InChI=1S/C10H12N2O2/c1-14-10-2-7-6(4-11)5-12-8(7)3-9(10)13/h2-3,5,12-13H,4,11H2,1H3. The van der Waals surface area contributed by atoms with Crippen LogP contribution in [0.15, 0.2) is 18.3 Å². The van der Waals surface area contributed by atoms with Gasteiger partial charge in [0.2, 0.25) is 0 Å². The van der Waals surface area contributed by atoms with Crippen molar-refractivity contribution in [3.63, 3.8) is 0 Å². The van der Waals surface area contributed by atoms with Gasteiger partial charge in [-0.05, 0) is 11.6 Å². The van der Waals surface area contributed by atoms with Crippen LogP contribution in [0, 0.1) is 0 Å². The summed E-state index contributed by atoms with van der Waals surface area (Å²) in [6, 6.07) is 3.41. The number of nitrogens with one attached hydrogen (secondary N) is 1. The molecule has 1 heterocycles. The molecule has 1 aromatic heterocycles. The molecular formula is C10H12N2O2. The second-order valence-electron chi connectivity index (χ2n) is 3.09. The van der Waals surface area contributed by atoms with Crippen LogP contribution in [0.1, 0.15) is 5.56 Å². The molecule has 14 heavy (non-hydrogen) atoms. The number of fused-ring (bicyclic) bond motifs is 1. The number of hydrogen-bond donors (Lipinski definition) is 3. The molecule has 4 heteroatoms. The lowest BCUT2D eigenvalue weighted by Crippen LogP contribution is -1.94. The molecule has 0 bridgehead atoms.